The zero-order valence-electron chi connectivity index (χ0n) is 15.8. The number of rotatable bonds is 8. The van der Waals surface area contributed by atoms with Gasteiger partial charge in [0, 0.05) is 12.7 Å². The molecule has 0 radical (unpaired) electrons. The van der Waals surface area contributed by atoms with Crippen LogP contribution in [0.2, 0.25) is 0 Å². The summed E-state index contributed by atoms with van der Waals surface area (Å²) < 4.78 is 5.57. The predicted molar refractivity (Wildman–Crippen MR) is 106 cm³/mol. The number of carbonyl (C=O) groups excluding carboxylic acids is 2. The first-order chi connectivity index (χ1) is 13.6. The van der Waals surface area contributed by atoms with Gasteiger partial charge in [-0.05, 0) is 43.7 Å². The van der Waals surface area contributed by atoms with Gasteiger partial charge in [0.1, 0.15) is 17.8 Å². The second-order valence-corrected chi connectivity index (χ2v) is 6.99. The van der Waals surface area contributed by atoms with Crippen LogP contribution in [0.1, 0.15) is 18.5 Å². The van der Waals surface area contributed by atoms with E-state index in [1.807, 2.05) is 53.4 Å². The number of ether oxygens (including phenoxy) is 1. The summed E-state index contributed by atoms with van der Waals surface area (Å²) in [6.07, 6.45) is 3.09. The number of nitrogens with two attached hydrogens (primary N) is 1. The van der Waals surface area contributed by atoms with Crippen LogP contribution in [0.15, 0.2) is 54.7 Å². The van der Waals surface area contributed by atoms with Crippen LogP contribution in [-0.2, 0) is 15.0 Å². The minimum atomic E-state index is -0.851. The number of primary amides is 1. The Morgan fingerprint density at radius 1 is 1.18 bits per heavy atom. The molecule has 1 saturated heterocycles. The molecule has 1 atom stereocenters. The molecule has 148 valence electrons. The number of amides is 2. The highest BCUT2D eigenvalue weighted by Crippen LogP contribution is 2.32. The number of carbonyl (C=O) groups is 2. The summed E-state index contributed by atoms with van der Waals surface area (Å²) in [6.45, 7) is 2.17. The van der Waals surface area contributed by atoms with Crippen LogP contribution in [-0.4, -0.2) is 54.5 Å². The Balaban J connectivity index is 1.51. The maximum absolute atomic E-state index is 12.3. The minimum Gasteiger partial charge on any atom is -0.492 e. The summed E-state index contributed by atoms with van der Waals surface area (Å²) in [4.78, 5) is 30.9. The predicted octanol–water partition coefficient (Wildman–Crippen LogP) is 1.10. The van der Waals surface area contributed by atoms with Crippen molar-refractivity contribution >= 4 is 11.8 Å². The van der Waals surface area contributed by atoms with Crippen LogP contribution >= 0.6 is 0 Å². The van der Waals surface area contributed by atoms with Crippen molar-refractivity contribution in [3.05, 3.63) is 60.4 Å². The molecule has 7 nitrogen and oxygen atoms in total. The Hall–Kier alpha value is -2.93. The fourth-order valence-corrected chi connectivity index (χ4v) is 3.60. The number of benzene rings is 1. The van der Waals surface area contributed by atoms with Crippen LogP contribution in [0.5, 0.6) is 5.75 Å². The first-order valence-electron chi connectivity index (χ1n) is 9.48. The number of hydrogen-bond acceptors (Lipinski definition) is 5. The first kappa shape index (κ1) is 19.8. The Kier molecular flexibility index (Phi) is 6.60. The lowest BCUT2D eigenvalue weighted by Crippen LogP contribution is -2.55. The van der Waals surface area contributed by atoms with E-state index in [0.29, 0.717) is 31.8 Å². The zero-order valence-corrected chi connectivity index (χ0v) is 15.8. The molecule has 3 N–H and O–H groups in total. The molecule has 1 aromatic heterocycles. The number of hydrogen-bond donors (Lipinski definition) is 2. The topological polar surface area (TPSA) is 97.6 Å². The minimum absolute atomic E-state index is 0.0991. The van der Waals surface area contributed by atoms with Gasteiger partial charge in [-0.25, -0.2) is 0 Å². The fourth-order valence-electron chi connectivity index (χ4n) is 3.60. The van der Waals surface area contributed by atoms with Crippen molar-refractivity contribution in [1.29, 1.82) is 0 Å². The van der Waals surface area contributed by atoms with Crippen LogP contribution in [0, 0.1) is 0 Å². The molecule has 2 heterocycles. The van der Waals surface area contributed by atoms with Gasteiger partial charge >= 0.3 is 0 Å². The van der Waals surface area contributed by atoms with Gasteiger partial charge in [-0.3, -0.25) is 19.5 Å². The van der Waals surface area contributed by atoms with Gasteiger partial charge in [0.05, 0.1) is 18.8 Å². The number of nitrogens with one attached hydrogen (secondary N) is 1. The number of para-hydroxylation sites is 1. The number of pyridine rings is 1. The third-order valence-electron chi connectivity index (χ3n) is 5.00. The summed E-state index contributed by atoms with van der Waals surface area (Å²) in [7, 11) is 0. The molecule has 0 saturated carbocycles. The van der Waals surface area contributed by atoms with Gasteiger partial charge in [-0.1, -0.05) is 24.3 Å². The SMILES string of the molecule is NC(=O)C1(c2ccccn2)CCCN(CC(=O)NCCOc2ccccc2)C1. The molecule has 0 spiro atoms. The van der Waals surface area contributed by atoms with Crippen molar-refractivity contribution in [2.24, 2.45) is 5.73 Å². The normalized spacial score (nSPS) is 19.7. The highest BCUT2D eigenvalue weighted by molar-refractivity contribution is 5.87. The smallest absolute Gasteiger partial charge is 0.234 e. The van der Waals surface area contributed by atoms with Crippen LogP contribution in [0.3, 0.4) is 0 Å². The van der Waals surface area contributed by atoms with Gasteiger partial charge in [-0.15, -0.1) is 0 Å². The number of likely N-dealkylation sites (tertiary alicyclic amines) is 1. The van der Waals surface area contributed by atoms with E-state index in [-0.39, 0.29) is 12.5 Å². The average molecular weight is 382 g/mol. The van der Waals surface area contributed by atoms with Crippen molar-refractivity contribution in [2.75, 3.05) is 32.8 Å². The average Bonchev–Trinajstić information content (AvgIpc) is 2.72. The molecule has 3 rings (SSSR count). The lowest BCUT2D eigenvalue weighted by Gasteiger charge is -2.40. The quantitative estimate of drug-likeness (QED) is 0.666. The van der Waals surface area contributed by atoms with E-state index in [0.717, 1.165) is 18.7 Å². The zero-order chi connectivity index (χ0) is 19.8. The molecule has 1 aliphatic rings. The van der Waals surface area contributed by atoms with E-state index < -0.39 is 11.3 Å². The summed E-state index contributed by atoms with van der Waals surface area (Å²) in [5, 5.41) is 2.86. The van der Waals surface area contributed by atoms with Gasteiger partial charge in [0.15, 0.2) is 0 Å². The van der Waals surface area contributed by atoms with Crippen molar-refractivity contribution in [1.82, 2.24) is 15.2 Å². The van der Waals surface area contributed by atoms with Crippen LogP contribution in [0.25, 0.3) is 0 Å². The third kappa shape index (κ3) is 4.86. The fraction of sp³-hybridized carbons (Fsp3) is 0.381. The van der Waals surface area contributed by atoms with E-state index in [1.165, 1.54) is 0 Å². The van der Waals surface area contributed by atoms with E-state index in [4.69, 9.17) is 10.5 Å². The Morgan fingerprint density at radius 3 is 2.68 bits per heavy atom. The van der Waals surface area contributed by atoms with E-state index >= 15 is 0 Å². The molecule has 1 aromatic carbocycles. The second kappa shape index (κ2) is 9.32. The highest BCUT2D eigenvalue weighted by Gasteiger charge is 2.43. The highest BCUT2D eigenvalue weighted by atomic mass is 16.5. The van der Waals surface area contributed by atoms with E-state index in [1.54, 1.807) is 6.20 Å². The van der Waals surface area contributed by atoms with Crippen molar-refractivity contribution in [3.63, 3.8) is 0 Å². The Labute approximate surface area is 164 Å². The number of nitrogens with zero attached hydrogens (tertiary/aromatic N) is 2. The lowest BCUT2D eigenvalue weighted by atomic mass is 9.76. The van der Waals surface area contributed by atoms with Crippen molar-refractivity contribution < 1.29 is 14.3 Å². The molecular formula is C21H26N4O3. The van der Waals surface area contributed by atoms with Gasteiger partial charge < -0.3 is 15.8 Å². The number of piperidine rings is 1. The molecular weight excluding hydrogens is 356 g/mol. The molecule has 0 aliphatic carbocycles. The monoisotopic (exact) mass is 382 g/mol. The second-order valence-electron chi connectivity index (χ2n) is 6.99. The Morgan fingerprint density at radius 2 is 1.96 bits per heavy atom. The molecule has 2 amide bonds. The summed E-state index contributed by atoms with van der Waals surface area (Å²) in [5.74, 6) is 0.278. The summed E-state index contributed by atoms with van der Waals surface area (Å²) >= 11 is 0. The van der Waals surface area contributed by atoms with E-state index in [2.05, 4.69) is 10.3 Å². The van der Waals surface area contributed by atoms with Gasteiger partial charge in [0.2, 0.25) is 11.8 Å². The summed E-state index contributed by atoms with van der Waals surface area (Å²) in [5.41, 5.74) is 5.58. The van der Waals surface area contributed by atoms with Crippen molar-refractivity contribution in [3.8, 4) is 5.75 Å². The van der Waals surface area contributed by atoms with Crippen molar-refractivity contribution in [2.45, 2.75) is 18.3 Å². The molecule has 2 aromatic rings. The molecule has 7 heteroatoms. The van der Waals surface area contributed by atoms with Gasteiger partial charge in [-0.2, -0.15) is 0 Å². The van der Waals surface area contributed by atoms with Crippen LogP contribution in [0.4, 0.5) is 0 Å². The molecule has 1 aliphatic heterocycles. The molecule has 0 bridgehead atoms. The molecule has 1 fully saturated rings. The molecule has 28 heavy (non-hydrogen) atoms. The molecule has 1 unspecified atom stereocenters. The van der Waals surface area contributed by atoms with Gasteiger partial charge in [0.25, 0.3) is 0 Å². The third-order valence-corrected chi connectivity index (χ3v) is 5.00. The van der Waals surface area contributed by atoms with Crippen LogP contribution < -0.4 is 15.8 Å². The first-order valence-corrected chi connectivity index (χ1v) is 9.48. The number of aromatic nitrogens is 1. The summed E-state index contributed by atoms with van der Waals surface area (Å²) in [6, 6.07) is 15.0. The van der Waals surface area contributed by atoms with E-state index in [9.17, 15) is 9.59 Å². The Bertz CT molecular complexity index is 785. The maximum Gasteiger partial charge on any atom is 0.234 e. The maximum atomic E-state index is 12.3. The lowest BCUT2D eigenvalue weighted by molar-refractivity contribution is -0.128. The standard InChI is InChI=1S/C21H26N4O3/c22-20(27)21(18-9-4-5-11-23-18)10-6-13-25(16-21)15-19(26)24-12-14-28-17-7-2-1-3-8-17/h1-5,7-9,11H,6,10,12-16H2,(H2,22,27)(H,24,26). The largest absolute Gasteiger partial charge is 0.492 e.